The van der Waals surface area contributed by atoms with Crippen LogP contribution in [0.4, 0.5) is 0 Å². The van der Waals surface area contributed by atoms with Gasteiger partial charge in [-0.15, -0.1) is 0 Å². The van der Waals surface area contributed by atoms with Gasteiger partial charge < -0.3 is 0 Å². The number of hydrogen-bond acceptors (Lipinski definition) is 0. The third-order valence-corrected chi connectivity index (χ3v) is 0. The first kappa shape index (κ1) is 96.9. The van der Waals surface area contributed by atoms with Crippen LogP contribution in [0.25, 0.3) is 0 Å². The summed E-state index contributed by atoms with van der Waals surface area (Å²) in [5.74, 6) is 0. The van der Waals surface area contributed by atoms with E-state index in [1.54, 1.807) is 0 Å². The van der Waals surface area contributed by atoms with Gasteiger partial charge in [0.25, 0.3) is 0 Å². The van der Waals surface area contributed by atoms with Crippen LogP contribution in [0.5, 0.6) is 0 Å². The molecule has 10 heteroatoms. The van der Waals surface area contributed by atoms with Gasteiger partial charge in [0.2, 0.25) is 0 Å². The summed E-state index contributed by atoms with van der Waals surface area (Å²) < 4.78 is 0. The third kappa shape index (κ3) is 64.1. The molecule has 0 fully saturated rings. The SMILES string of the molecule is [Ag].[Cd].[Co].[Cr].[Cu].[Fe].[Mn].[Mo].[Pd].[Ru]. The van der Waals surface area contributed by atoms with Crippen LogP contribution >= 0.6 is 0 Å². The van der Waals surface area contributed by atoms with Crippen LogP contribution in [-0.2, 0) is 196 Å². The molecule has 4 radical (unpaired) electrons. The summed E-state index contributed by atoms with van der Waals surface area (Å²) in [5, 5.41) is 0. The van der Waals surface area contributed by atoms with Crippen molar-refractivity contribution in [3.63, 3.8) is 0 Å². The van der Waals surface area contributed by atoms with Crippen LogP contribution in [0.3, 0.4) is 0 Å². The van der Waals surface area contributed by atoms with Crippen molar-refractivity contribution in [3.05, 3.63) is 0 Å². The van der Waals surface area contributed by atoms with Gasteiger partial charge in [0.05, 0.1) is 0 Å². The molecule has 0 aromatic heterocycles. The second-order valence-corrected chi connectivity index (χ2v) is 0. The minimum absolute atomic E-state index is 0. The van der Waals surface area contributed by atoms with Crippen LogP contribution in [0.2, 0.25) is 0 Å². The van der Waals surface area contributed by atoms with Gasteiger partial charge in [-0.25, -0.2) is 0 Å². The predicted molar refractivity (Wildman–Crippen MR) is 0 cm³/mol. The molecule has 0 aliphatic rings. The molecule has 0 saturated heterocycles. The Morgan fingerprint density at radius 2 is 1.00 bits per heavy atom. The molecular formula is AgCdCoCrCuFeMnMoPdRu. The zero-order valence-electron chi connectivity index (χ0n) is 3.86. The standard InChI is InChI=1S/Ag.Cd.Co.Cr.Cu.Fe.Mn.Mo.Pd.Ru. The van der Waals surface area contributed by atoms with Crippen LogP contribution in [0, 0.1) is 0 Å². The molecular weight excluding hydrogens is 809 g/mol. The topological polar surface area (TPSA) is 0 Å². The average Bonchev–Trinajstić information content (AvgIpc) is 0. The second-order valence-electron chi connectivity index (χ2n) is 0. The summed E-state index contributed by atoms with van der Waals surface area (Å²) >= 11 is 0. The molecule has 0 bridgehead atoms. The smallest absolute Gasteiger partial charge is 0 e. The van der Waals surface area contributed by atoms with Crippen molar-refractivity contribution in [2.45, 2.75) is 0 Å². The van der Waals surface area contributed by atoms with Gasteiger partial charge in [-0.05, 0) is 0 Å². The molecule has 0 amide bonds. The molecule has 0 atom stereocenters. The molecule has 0 aromatic rings. The maximum Gasteiger partial charge on any atom is 0 e. The van der Waals surface area contributed by atoms with Crippen molar-refractivity contribution in [3.8, 4) is 0 Å². The second kappa shape index (κ2) is 79.4. The Balaban J connectivity index is 0. The Morgan fingerprint density at radius 3 is 1.00 bits per heavy atom. The first-order valence-corrected chi connectivity index (χ1v) is 0. The largest absolute Gasteiger partial charge is 0 e. The van der Waals surface area contributed by atoms with E-state index in [0.29, 0.717) is 0 Å². The van der Waals surface area contributed by atoms with E-state index >= 15 is 0 Å². The Morgan fingerprint density at radius 1 is 1.00 bits per heavy atom. The van der Waals surface area contributed by atoms with Crippen molar-refractivity contribution in [2.75, 3.05) is 0 Å². The third-order valence-electron chi connectivity index (χ3n) is 0. The molecule has 0 heterocycles. The van der Waals surface area contributed by atoms with E-state index in [2.05, 4.69) is 0 Å². The van der Waals surface area contributed by atoms with Gasteiger partial charge in [0, 0.05) is 196 Å². The van der Waals surface area contributed by atoms with E-state index in [-0.39, 0.29) is 196 Å². The summed E-state index contributed by atoms with van der Waals surface area (Å²) in [6, 6.07) is 0. The molecule has 0 rings (SSSR count). The molecule has 0 spiro atoms. The fourth-order valence-corrected chi connectivity index (χ4v) is 0. The van der Waals surface area contributed by atoms with Gasteiger partial charge in [-0.3, -0.25) is 0 Å². The number of rotatable bonds is 0. The average molecular weight is 809 g/mol. The Hall–Kier alpha value is 6.23. The van der Waals surface area contributed by atoms with Crippen molar-refractivity contribution in [1.82, 2.24) is 0 Å². The zero-order valence-corrected chi connectivity index (χ0v) is 20.2. The van der Waals surface area contributed by atoms with Gasteiger partial charge in [0.15, 0.2) is 0 Å². The summed E-state index contributed by atoms with van der Waals surface area (Å²) in [7, 11) is 0. The molecule has 0 N–H and O–H groups in total. The van der Waals surface area contributed by atoms with E-state index in [4.69, 9.17) is 0 Å². The van der Waals surface area contributed by atoms with E-state index in [1.165, 1.54) is 0 Å². The van der Waals surface area contributed by atoms with E-state index < -0.39 is 0 Å². The monoisotopic (exact) mass is 811 g/mol. The molecule has 0 unspecified atom stereocenters. The summed E-state index contributed by atoms with van der Waals surface area (Å²) in [6.45, 7) is 0. The van der Waals surface area contributed by atoms with Crippen molar-refractivity contribution in [2.24, 2.45) is 0 Å². The maximum absolute atomic E-state index is 0. The summed E-state index contributed by atoms with van der Waals surface area (Å²) in [4.78, 5) is 0. The summed E-state index contributed by atoms with van der Waals surface area (Å²) in [6.07, 6.45) is 0. The predicted octanol–water partition coefficient (Wildman–Crippen LogP) is -0.0250. The molecule has 0 saturated carbocycles. The zero-order chi connectivity index (χ0) is 0. The van der Waals surface area contributed by atoms with Crippen LogP contribution < -0.4 is 0 Å². The van der Waals surface area contributed by atoms with Gasteiger partial charge in [0.1, 0.15) is 0 Å². The van der Waals surface area contributed by atoms with Crippen LogP contribution in [0.1, 0.15) is 0 Å². The molecule has 0 aliphatic carbocycles. The first-order valence-electron chi connectivity index (χ1n) is 0. The minimum atomic E-state index is 0. The quantitative estimate of drug-likeness (QED) is 0.303. The molecule has 0 aliphatic heterocycles. The van der Waals surface area contributed by atoms with E-state index in [0.717, 1.165) is 0 Å². The van der Waals surface area contributed by atoms with E-state index in [1.807, 2.05) is 0 Å². The first-order chi connectivity index (χ1) is 0. The van der Waals surface area contributed by atoms with Crippen molar-refractivity contribution < 1.29 is 196 Å². The van der Waals surface area contributed by atoms with Crippen molar-refractivity contribution in [1.29, 1.82) is 0 Å². The normalized spacial score (nSPS) is 0. The van der Waals surface area contributed by atoms with Crippen LogP contribution in [0.15, 0.2) is 0 Å². The minimum Gasteiger partial charge on any atom is 0 e. The number of hydrogen-bond donors (Lipinski definition) is 0. The molecule has 0 aromatic carbocycles. The maximum atomic E-state index is 0. The fourth-order valence-electron chi connectivity index (χ4n) is 0. The van der Waals surface area contributed by atoms with Gasteiger partial charge in [-0.2, -0.15) is 0 Å². The van der Waals surface area contributed by atoms with Crippen LogP contribution in [-0.4, -0.2) is 0 Å². The van der Waals surface area contributed by atoms with Crippen molar-refractivity contribution >= 4 is 0 Å². The molecule has 0 nitrogen and oxygen atoms in total. The fraction of sp³-hybridized carbons (Fsp3) is 0. The Kier molecular flexibility index (Phi) is 770. The van der Waals surface area contributed by atoms with Gasteiger partial charge in [-0.1, -0.05) is 0 Å². The van der Waals surface area contributed by atoms with E-state index in [9.17, 15) is 0 Å². The van der Waals surface area contributed by atoms with Gasteiger partial charge >= 0.3 is 0 Å². The Labute approximate surface area is 191 Å². The Bertz CT molecular complexity index is 33.2. The summed E-state index contributed by atoms with van der Waals surface area (Å²) in [5.41, 5.74) is 0. The molecule has 10 heavy (non-hydrogen) atoms. The molecule has 78 valence electrons.